The van der Waals surface area contributed by atoms with E-state index < -0.39 is 124 Å². The Hall–Kier alpha value is -2.25. The van der Waals surface area contributed by atoms with Gasteiger partial charge in [0.05, 0.1) is 38.6 Å². The first-order valence-electron chi connectivity index (χ1n) is 34.4. The van der Waals surface area contributed by atoms with Crippen LogP contribution in [0, 0.1) is 0 Å². The Labute approximate surface area is 523 Å². The molecule has 3 saturated heterocycles. The van der Waals surface area contributed by atoms with E-state index in [1.165, 1.54) is 148 Å². The number of hydrogen-bond donors (Lipinski definition) is 12. The lowest BCUT2D eigenvalue weighted by molar-refractivity contribution is -0.379. The highest BCUT2D eigenvalue weighted by Gasteiger charge is 2.53. The average Bonchev–Trinajstić information content (AvgIpc) is 2.90. The second-order valence-corrected chi connectivity index (χ2v) is 24.6. The highest BCUT2D eigenvalue weighted by Crippen LogP contribution is 2.33. The number of aliphatic hydroxyl groups excluding tert-OH is 11. The third-order valence-corrected chi connectivity index (χ3v) is 17.1. The van der Waals surface area contributed by atoms with Crippen molar-refractivity contribution in [2.24, 2.45) is 0 Å². The van der Waals surface area contributed by atoms with E-state index in [0.29, 0.717) is 12.8 Å². The van der Waals surface area contributed by atoms with E-state index in [-0.39, 0.29) is 18.9 Å². The molecule has 0 aromatic heterocycles. The van der Waals surface area contributed by atoms with Gasteiger partial charge in [-0.3, -0.25) is 4.79 Å². The van der Waals surface area contributed by atoms with Gasteiger partial charge in [-0.25, -0.2) is 0 Å². The number of unbranched alkanes of at least 4 members (excludes halogenated alkanes) is 30. The summed E-state index contributed by atoms with van der Waals surface area (Å²) in [6.07, 6.45) is 32.4. The molecule has 0 spiro atoms. The van der Waals surface area contributed by atoms with Gasteiger partial charge in [0.15, 0.2) is 18.9 Å². The standard InChI is InChI=1S/C68H123NO18/c1-3-5-7-9-11-13-15-17-19-20-21-22-23-24-25-26-27-28-29-30-32-33-35-37-39-41-43-45-52(73)51(69-56(74)46-44-42-40-38-36-34-31-18-16-14-12-10-8-6-4-2)50-82-66-62(80)59(77)64(54(48-71)84-66)87-68-63(81)60(78)65(55(49-72)85-68)86-67-61(79)58(76)57(75)53(47-70)83-67/h18,29-31,35,37,43,45,51-55,57-68,70-73,75-81H,3-17,19-28,32-34,36,38-42,44,46-50H2,1-2H3,(H,69,74)/b30-29+,31-18-,37-35+,45-43+. The molecule has 3 heterocycles. The first-order chi connectivity index (χ1) is 42.3. The van der Waals surface area contributed by atoms with Crippen LogP contribution in [0.25, 0.3) is 0 Å². The number of allylic oxidation sites excluding steroid dienone is 7. The first kappa shape index (κ1) is 79.0. The maximum Gasteiger partial charge on any atom is 0.220 e. The van der Waals surface area contributed by atoms with Crippen LogP contribution in [-0.4, -0.2) is 193 Å². The van der Waals surface area contributed by atoms with Gasteiger partial charge >= 0.3 is 0 Å². The van der Waals surface area contributed by atoms with Crippen LogP contribution in [0.4, 0.5) is 0 Å². The van der Waals surface area contributed by atoms with Crippen molar-refractivity contribution in [1.29, 1.82) is 0 Å². The largest absolute Gasteiger partial charge is 0.394 e. The molecular weight excluding hydrogens is 1120 g/mol. The molecule has 3 aliphatic heterocycles. The summed E-state index contributed by atoms with van der Waals surface area (Å²) < 4.78 is 34.3. The van der Waals surface area contributed by atoms with Crippen molar-refractivity contribution in [3.8, 4) is 0 Å². The van der Waals surface area contributed by atoms with Gasteiger partial charge in [0.25, 0.3) is 0 Å². The van der Waals surface area contributed by atoms with Crippen LogP contribution >= 0.6 is 0 Å². The first-order valence-corrected chi connectivity index (χ1v) is 34.4. The number of rotatable bonds is 52. The molecule has 87 heavy (non-hydrogen) atoms. The van der Waals surface area contributed by atoms with Gasteiger partial charge in [0.1, 0.15) is 73.2 Å². The van der Waals surface area contributed by atoms with E-state index in [1.807, 2.05) is 6.08 Å². The molecule has 0 saturated carbocycles. The van der Waals surface area contributed by atoms with Crippen LogP contribution in [0.2, 0.25) is 0 Å². The van der Waals surface area contributed by atoms with E-state index in [1.54, 1.807) is 6.08 Å². The zero-order valence-corrected chi connectivity index (χ0v) is 53.5. The Morgan fingerprint density at radius 1 is 0.402 bits per heavy atom. The molecule has 1 amide bonds. The Morgan fingerprint density at radius 3 is 1.15 bits per heavy atom. The third-order valence-electron chi connectivity index (χ3n) is 17.1. The fourth-order valence-electron chi connectivity index (χ4n) is 11.5. The Kier molecular flexibility index (Phi) is 45.7. The van der Waals surface area contributed by atoms with Crippen molar-refractivity contribution in [3.63, 3.8) is 0 Å². The summed E-state index contributed by atoms with van der Waals surface area (Å²) in [6.45, 7) is 1.70. The lowest BCUT2D eigenvalue weighted by Gasteiger charge is -2.48. The summed E-state index contributed by atoms with van der Waals surface area (Å²) in [5, 5.41) is 120. The van der Waals surface area contributed by atoms with Gasteiger partial charge in [-0.15, -0.1) is 0 Å². The zero-order valence-electron chi connectivity index (χ0n) is 53.5. The number of nitrogens with one attached hydrogen (secondary N) is 1. The molecule has 19 nitrogen and oxygen atoms in total. The summed E-state index contributed by atoms with van der Waals surface area (Å²) in [6, 6.07) is -1.00. The van der Waals surface area contributed by atoms with Crippen molar-refractivity contribution in [2.45, 2.75) is 349 Å². The molecule has 19 heteroatoms. The monoisotopic (exact) mass is 1240 g/mol. The van der Waals surface area contributed by atoms with Crippen LogP contribution in [0.15, 0.2) is 48.6 Å². The minimum atomic E-state index is -1.98. The van der Waals surface area contributed by atoms with Crippen LogP contribution in [-0.2, 0) is 33.2 Å². The number of amides is 1. The van der Waals surface area contributed by atoms with E-state index in [9.17, 15) is 61.0 Å². The predicted molar refractivity (Wildman–Crippen MR) is 337 cm³/mol. The molecule has 508 valence electrons. The minimum absolute atomic E-state index is 0.221. The second-order valence-electron chi connectivity index (χ2n) is 24.6. The fraction of sp³-hybridized carbons (Fsp3) is 0.868. The Morgan fingerprint density at radius 2 is 0.736 bits per heavy atom. The van der Waals surface area contributed by atoms with Crippen LogP contribution in [0.1, 0.15) is 245 Å². The maximum absolute atomic E-state index is 13.4. The molecule has 3 rings (SSSR count). The summed E-state index contributed by atoms with van der Waals surface area (Å²) in [4.78, 5) is 13.4. The molecule has 17 unspecified atom stereocenters. The van der Waals surface area contributed by atoms with E-state index in [2.05, 4.69) is 55.6 Å². The van der Waals surface area contributed by atoms with Gasteiger partial charge in [-0.1, -0.05) is 217 Å². The number of ether oxygens (including phenoxy) is 6. The molecule has 12 N–H and O–H groups in total. The Balaban J connectivity index is 1.45. The second kappa shape index (κ2) is 50.3. The number of carbonyl (C=O) groups excluding carboxylic acids is 1. The maximum atomic E-state index is 13.4. The highest BCUT2D eigenvalue weighted by molar-refractivity contribution is 5.76. The molecule has 3 aliphatic rings. The molecule has 0 radical (unpaired) electrons. The average molecular weight is 1240 g/mol. The normalized spacial score (nSPS) is 28.9. The van der Waals surface area contributed by atoms with Crippen LogP contribution in [0.5, 0.6) is 0 Å². The van der Waals surface area contributed by atoms with Crippen LogP contribution in [0.3, 0.4) is 0 Å². The van der Waals surface area contributed by atoms with E-state index >= 15 is 0 Å². The Bertz CT molecular complexity index is 1770. The SMILES string of the molecule is CCCCCCCC/C=C\CCCCCCCC(=O)NC(COC1OC(CO)C(OC2OC(CO)C(OC3OC(CO)C(O)C(O)C3O)C(O)C2O)C(O)C1O)C(O)/C=C/CC/C=C/CC/C=C/CCCCCCCCCCCCCCCCCCC. The molecular formula is C68H123NO18. The van der Waals surface area contributed by atoms with Gasteiger partial charge in [0, 0.05) is 6.42 Å². The quantitative estimate of drug-likeness (QED) is 0.0200. The fourth-order valence-corrected chi connectivity index (χ4v) is 11.5. The van der Waals surface area contributed by atoms with Gasteiger partial charge in [-0.05, 0) is 70.6 Å². The van der Waals surface area contributed by atoms with E-state index in [0.717, 1.165) is 64.2 Å². The number of hydrogen-bond acceptors (Lipinski definition) is 18. The number of aliphatic hydroxyl groups is 11. The molecule has 0 aromatic rings. The molecule has 0 aliphatic carbocycles. The topological polar surface area (TPSA) is 307 Å². The smallest absolute Gasteiger partial charge is 0.220 e. The summed E-state index contributed by atoms with van der Waals surface area (Å²) in [5.74, 6) is -0.298. The van der Waals surface area contributed by atoms with E-state index in [4.69, 9.17) is 28.4 Å². The molecule has 0 aromatic carbocycles. The lowest BCUT2D eigenvalue weighted by Crippen LogP contribution is -2.66. The zero-order chi connectivity index (χ0) is 63.3. The van der Waals surface area contributed by atoms with Crippen molar-refractivity contribution in [1.82, 2.24) is 5.32 Å². The number of carbonyl (C=O) groups is 1. The highest BCUT2D eigenvalue weighted by atomic mass is 16.8. The third kappa shape index (κ3) is 32.7. The molecule has 0 bridgehead atoms. The van der Waals surface area contributed by atoms with Gasteiger partial charge < -0.3 is 89.9 Å². The molecule has 3 fully saturated rings. The van der Waals surface area contributed by atoms with Crippen molar-refractivity contribution in [2.75, 3.05) is 26.4 Å². The van der Waals surface area contributed by atoms with Crippen molar-refractivity contribution in [3.05, 3.63) is 48.6 Å². The van der Waals surface area contributed by atoms with Gasteiger partial charge in [-0.2, -0.15) is 0 Å². The van der Waals surface area contributed by atoms with Crippen molar-refractivity contribution >= 4 is 5.91 Å². The lowest BCUT2D eigenvalue weighted by atomic mass is 9.96. The van der Waals surface area contributed by atoms with Crippen molar-refractivity contribution < 1.29 is 89.4 Å². The molecule has 17 atom stereocenters. The minimum Gasteiger partial charge on any atom is -0.394 e. The summed E-state index contributed by atoms with van der Waals surface area (Å²) in [7, 11) is 0. The van der Waals surface area contributed by atoms with Crippen LogP contribution < -0.4 is 5.32 Å². The summed E-state index contributed by atoms with van der Waals surface area (Å²) in [5.41, 5.74) is 0. The predicted octanol–water partition coefficient (Wildman–Crippen LogP) is 8.61. The summed E-state index contributed by atoms with van der Waals surface area (Å²) >= 11 is 0. The van der Waals surface area contributed by atoms with Gasteiger partial charge in [0.2, 0.25) is 5.91 Å².